The van der Waals surface area contributed by atoms with Gasteiger partial charge in [0.05, 0.1) is 4.88 Å². The highest BCUT2D eigenvalue weighted by molar-refractivity contribution is 9.10. The van der Waals surface area contributed by atoms with E-state index in [1.54, 1.807) is 11.3 Å². The van der Waals surface area contributed by atoms with Gasteiger partial charge in [0.25, 0.3) is 0 Å². The minimum Gasteiger partial charge on any atom is -0.383 e. The van der Waals surface area contributed by atoms with Crippen LogP contribution in [-0.4, -0.2) is 5.11 Å². The molecule has 1 aromatic carbocycles. The van der Waals surface area contributed by atoms with Crippen molar-refractivity contribution < 1.29 is 5.11 Å². The quantitative estimate of drug-likeness (QED) is 0.878. The first-order valence-electron chi connectivity index (χ1n) is 5.72. The van der Waals surface area contributed by atoms with Gasteiger partial charge in [-0.05, 0) is 44.9 Å². The Labute approximate surface area is 114 Å². The highest BCUT2D eigenvalue weighted by Gasteiger charge is 2.15. The Bertz CT molecular complexity index is 492. The van der Waals surface area contributed by atoms with Crippen LogP contribution in [-0.2, 0) is 6.42 Å². The van der Waals surface area contributed by atoms with Crippen LogP contribution < -0.4 is 0 Å². The Hall–Kier alpha value is -0.640. The fourth-order valence-electron chi connectivity index (χ4n) is 1.86. The summed E-state index contributed by atoms with van der Waals surface area (Å²) in [6.45, 7) is 2.17. The Balaban J connectivity index is 2.28. The summed E-state index contributed by atoms with van der Waals surface area (Å²) in [4.78, 5) is 0.971. The van der Waals surface area contributed by atoms with Crippen molar-refractivity contribution in [1.29, 1.82) is 0 Å². The van der Waals surface area contributed by atoms with Crippen molar-refractivity contribution in [3.63, 3.8) is 0 Å². The molecule has 1 aromatic heterocycles. The van der Waals surface area contributed by atoms with Crippen LogP contribution in [0.3, 0.4) is 0 Å². The molecule has 3 heteroatoms. The van der Waals surface area contributed by atoms with E-state index in [1.807, 2.05) is 23.6 Å². The number of hydrogen-bond acceptors (Lipinski definition) is 2. The first-order chi connectivity index (χ1) is 8.22. The van der Waals surface area contributed by atoms with Gasteiger partial charge in [-0.3, -0.25) is 0 Å². The predicted octanol–water partition coefficient (Wildman–Crippen LogP) is 4.54. The summed E-state index contributed by atoms with van der Waals surface area (Å²) in [5, 5.41) is 12.3. The minimum atomic E-state index is -0.527. The van der Waals surface area contributed by atoms with Gasteiger partial charge in [0.1, 0.15) is 6.10 Å². The fraction of sp³-hybridized carbons (Fsp3) is 0.286. The Kier molecular flexibility index (Phi) is 4.37. The molecule has 0 aliphatic rings. The maximum atomic E-state index is 10.3. The van der Waals surface area contributed by atoms with Crippen molar-refractivity contribution in [2.75, 3.05) is 0 Å². The zero-order valence-electron chi connectivity index (χ0n) is 9.69. The molecule has 0 bridgehead atoms. The Morgan fingerprint density at radius 3 is 2.82 bits per heavy atom. The number of aryl methyl sites for hydroxylation is 1. The van der Waals surface area contributed by atoms with Crippen LogP contribution in [0.15, 0.2) is 40.2 Å². The molecule has 1 atom stereocenters. The van der Waals surface area contributed by atoms with Gasteiger partial charge >= 0.3 is 0 Å². The third-order valence-corrected chi connectivity index (χ3v) is 4.62. The topological polar surface area (TPSA) is 20.2 Å². The van der Waals surface area contributed by atoms with Crippen LogP contribution in [0.1, 0.15) is 35.5 Å². The van der Waals surface area contributed by atoms with Crippen molar-refractivity contribution in [2.45, 2.75) is 25.9 Å². The fourth-order valence-corrected chi connectivity index (χ4v) is 3.46. The van der Waals surface area contributed by atoms with E-state index in [0.717, 1.165) is 27.8 Å². The van der Waals surface area contributed by atoms with Gasteiger partial charge in [0.2, 0.25) is 0 Å². The summed E-state index contributed by atoms with van der Waals surface area (Å²) >= 11 is 5.04. The molecule has 90 valence electrons. The summed E-state index contributed by atoms with van der Waals surface area (Å²) in [6, 6.07) is 10.2. The van der Waals surface area contributed by atoms with E-state index in [9.17, 15) is 5.11 Å². The molecular formula is C14H15BrOS. The largest absolute Gasteiger partial charge is 0.383 e. The lowest BCUT2D eigenvalue weighted by molar-refractivity contribution is 0.223. The second kappa shape index (κ2) is 5.80. The molecule has 2 aromatic rings. The highest BCUT2D eigenvalue weighted by atomic mass is 79.9. The van der Waals surface area contributed by atoms with Crippen molar-refractivity contribution in [2.24, 2.45) is 0 Å². The molecule has 0 radical (unpaired) electrons. The van der Waals surface area contributed by atoms with Gasteiger partial charge < -0.3 is 5.11 Å². The maximum absolute atomic E-state index is 10.3. The van der Waals surface area contributed by atoms with E-state index < -0.39 is 6.10 Å². The van der Waals surface area contributed by atoms with Crippen molar-refractivity contribution in [1.82, 2.24) is 0 Å². The molecule has 0 fully saturated rings. The van der Waals surface area contributed by atoms with Crippen LogP contribution in [0.2, 0.25) is 0 Å². The molecule has 1 unspecified atom stereocenters. The smallest absolute Gasteiger partial charge is 0.114 e. The van der Waals surface area contributed by atoms with E-state index >= 15 is 0 Å². The summed E-state index contributed by atoms with van der Waals surface area (Å²) in [5.41, 5.74) is 2.26. The lowest BCUT2D eigenvalue weighted by Crippen LogP contribution is -1.98. The van der Waals surface area contributed by atoms with Crippen LogP contribution in [0.5, 0.6) is 0 Å². The standard InChI is InChI=1S/C14H15BrOS/c1-2-4-10-5-3-6-11(9-10)13(16)14-12(15)7-8-17-14/h3,5-9,13,16H,2,4H2,1H3. The average Bonchev–Trinajstić information content (AvgIpc) is 2.75. The summed E-state index contributed by atoms with van der Waals surface area (Å²) in [6.07, 6.45) is 1.66. The third kappa shape index (κ3) is 2.97. The van der Waals surface area contributed by atoms with E-state index in [-0.39, 0.29) is 0 Å². The zero-order valence-corrected chi connectivity index (χ0v) is 12.1. The molecule has 0 aliphatic carbocycles. The second-order valence-electron chi connectivity index (χ2n) is 4.03. The van der Waals surface area contributed by atoms with E-state index in [1.165, 1.54) is 5.56 Å². The first-order valence-corrected chi connectivity index (χ1v) is 7.39. The molecule has 1 nitrogen and oxygen atoms in total. The number of halogens is 1. The highest BCUT2D eigenvalue weighted by Crippen LogP contribution is 2.33. The number of rotatable bonds is 4. The molecule has 0 amide bonds. The predicted molar refractivity (Wildman–Crippen MR) is 76.5 cm³/mol. The zero-order chi connectivity index (χ0) is 12.3. The molecule has 1 heterocycles. The van der Waals surface area contributed by atoms with Gasteiger partial charge in [-0.25, -0.2) is 0 Å². The van der Waals surface area contributed by atoms with Crippen LogP contribution in [0.4, 0.5) is 0 Å². The number of hydrogen-bond donors (Lipinski definition) is 1. The van der Waals surface area contributed by atoms with Crippen LogP contribution >= 0.6 is 27.3 Å². The van der Waals surface area contributed by atoms with Crippen molar-refractivity contribution in [3.05, 3.63) is 56.2 Å². The maximum Gasteiger partial charge on any atom is 0.114 e. The Morgan fingerprint density at radius 2 is 2.18 bits per heavy atom. The van der Waals surface area contributed by atoms with Gasteiger partial charge in [0.15, 0.2) is 0 Å². The lowest BCUT2D eigenvalue weighted by atomic mass is 10.0. The molecule has 1 N–H and O–H groups in total. The van der Waals surface area contributed by atoms with Gasteiger partial charge in [-0.1, -0.05) is 37.6 Å². The molecular weight excluding hydrogens is 296 g/mol. The van der Waals surface area contributed by atoms with Crippen LogP contribution in [0, 0.1) is 0 Å². The van der Waals surface area contributed by atoms with Crippen LogP contribution in [0.25, 0.3) is 0 Å². The first kappa shape index (κ1) is 12.8. The number of thiophene rings is 1. The molecule has 17 heavy (non-hydrogen) atoms. The van der Waals surface area contributed by atoms with Crippen molar-refractivity contribution in [3.8, 4) is 0 Å². The van der Waals surface area contributed by atoms with E-state index in [2.05, 4.69) is 35.0 Å². The van der Waals surface area contributed by atoms with Crippen molar-refractivity contribution >= 4 is 27.3 Å². The van der Waals surface area contributed by atoms with E-state index in [0.29, 0.717) is 0 Å². The minimum absolute atomic E-state index is 0.527. The third-order valence-electron chi connectivity index (χ3n) is 2.70. The average molecular weight is 311 g/mol. The monoisotopic (exact) mass is 310 g/mol. The summed E-state index contributed by atoms with van der Waals surface area (Å²) in [7, 11) is 0. The normalized spacial score (nSPS) is 12.6. The number of aliphatic hydroxyl groups excluding tert-OH is 1. The van der Waals surface area contributed by atoms with Gasteiger partial charge in [-0.15, -0.1) is 11.3 Å². The number of benzene rings is 1. The Morgan fingerprint density at radius 1 is 1.35 bits per heavy atom. The molecule has 0 spiro atoms. The number of aliphatic hydroxyl groups is 1. The summed E-state index contributed by atoms with van der Waals surface area (Å²) < 4.78 is 0.982. The molecule has 0 saturated carbocycles. The molecule has 0 aliphatic heterocycles. The SMILES string of the molecule is CCCc1cccc(C(O)c2sccc2Br)c1. The lowest BCUT2D eigenvalue weighted by Gasteiger charge is -2.11. The van der Waals surface area contributed by atoms with Gasteiger partial charge in [0, 0.05) is 4.47 Å². The van der Waals surface area contributed by atoms with E-state index in [4.69, 9.17) is 0 Å². The molecule has 2 rings (SSSR count). The van der Waals surface area contributed by atoms with Gasteiger partial charge in [-0.2, -0.15) is 0 Å². The molecule has 0 saturated heterocycles. The summed E-state index contributed by atoms with van der Waals surface area (Å²) in [5.74, 6) is 0. The second-order valence-corrected chi connectivity index (χ2v) is 5.83.